The first kappa shape index (κ1) is 8.97. The minimum atomic E-state index is -0.549. The van der Waals surface area contributed by atoms with Crippen LogP contribution in [0.5, 0.6) is 0 Å². The van der Waals surface area contributed by atoms with Crippen LogP contribution in [-0.4, -0.2) is 11.9 Å². The topological polar surface area (TPSA) is 43.4 Å². The van der Waals surface area contributed by atoms with Gasteiger partial charge in [-0.1, -0.05) is 12.2 Å². The van der Waals surface area contributed by atoms with E-state index in [9.17, 15) is 9.59 Å². The van der Waals surface area contributed by atoms with Crippen LogP contribution < -0.4 is 0 Å². The number of hydrogen-bond acceptors (Lipinski definition) is 3. The van der Waals surface area contributed by atoms with Crippen LogP contribution in [0.4, 0.5) is 0 Å². The summed E-state index contributed by atoms with van der Waals surface area (Å²) in [6, 6.07) is 0. The molecule has 0 heterocycles. The SMILES string of the molecule is C=C(C)C1(C(=O)OC(C)=O)CC1. The van der Waals surface area contributed by atoms with E-state index in [0.717, 1.165) is 18.4 Å². The van der Waals surface area contributed by atoms with Crippen LogP contribution in [0.15, 0.2) is 12.2 Å². The predicted molar refractivity (Wildman–Crippen MR) is 43.3 cm³/mol. The molecule has 0 spiro atoms. The van der Waals surface area contributed by atoms with E-state index in [1.807, 2.05) is 0 Å². The van der Waals surface area contributed by atoms with Gasteiger partial charge in [0, 0.05) is 6.92 Å². The Morgan fingerprint density at radius 3 is 2.08 bits per heavy atom. The lowest BCUT2D eigenvalue weighted by Gasteiger charge is -2.11. The molecule has 0 unspecified atom stereocenters. The van der Waals surface area contributed by atoms with Gasteiger partial charge in [-0.3, -0.25) is 9.59 Å². The molecule has 3 heteroatoms. The third-order valence-electron chi connectivity index (χ3n) is 2.19. The summed E-state index contributed by atoms with van der Waals surface area (Å²) in [4.78, 5) is 21.8. The molecule has 0 radical (unpaired) electrons. The fourth-order valence-electron chi connectivity index (χ4n) is 1.16. The molecule has 1 aliphatic carbocycles. The molecule has 12 heavy (non-hydrogen) atoms. The normalized spacial score (nSPS) is 18.2. The van der Waals surface area contributed by atoms with Gasteiger partial charge in [0.2, 0.25) is 0 Å². The summed E-state index contributed by atoms with van der Waals surface area (Å²) in [5.74, 6) is -0.991. The van der Waals surface area contributed by atoms with E-state index < -0.39 is 17.4 Å². The van der Waals surface area contributed by atoms with Crippen LogP contribution >= 0.6 is 0 Å². The van der Waals surface area contributed by atoms with E-state index in [-0.39, 0.29) is 0 Å². The maximum atomic E-state index is 11.3. The van der Waals surface area contributed by atoms with Gasteiger partial charge in [0.25, 0.3) is 0 Å². The molecule has 0 saturated heterocycles. The average molecular weight is 168 g/mol. The molecule has 1 aliphatic rings. The molecule has 0 atom stereocenters. The third-order valence-corrected chi connectivity index (χ3v) is 2.19. The number of hydrogen-bond donors (Lipinski definition) is 0. The maximum Gasteiger partial charge on any atom is 0.323 e. The van der Waals surface area contributed by atoms with E-state index in [2.05, 4.69) is 11.3 Å². The fraction of sp³-hybridized carbons (Fsp3) is 0.556. The quantitative estimate of drug-likeness (QED) is 0.356. The van der Waals surface area contributed by atoms with Crippen LogP contribution in [0.3, 0.4) is 0 Å². The van der Waals surface area contributed by atoms with Gasteiger partial charge in [0.05, 0.1) is 5.41 Å². The fourth-order valence-corrected chi connectivity index (χ4v) is 1.16. The Kier molecular flexibility index (Phi) is 2.04. The first-order valence-corrected chi connectivity index (χ1v) is 3.88. The maximum absolute atomic E-state index is 11.3. The number of esters is 2. The molecule has 0 bridgehead atoms. The van der Waals surface area contributed by atoms with Crippen LogP contribution in [0.2, 0.25) is 0 Å². The number of rotatable bonds is 2. The highest BCUT2D eigenvalue weighted by atomic mass is 16.6. The van der Waals surface area contributed by atoms with Gasteiger partial charge >= 0.3 is 11.9 Å². The summed E-state index contributed by atoms with van der Waals surface area (Å²) in [5, 5.41) is 0. The number of carbonyl (C=O) groups is 2. The third kappa shape index (κ3) is 1.40. The number of carbonyl (C=O) groups excluding carboxylic acids is 2. The lowest BCUT2D eigenvalue weighted by Crippen LogP contribution is -2.21. The Morgan fingerprint density at radius 1 is 1.33 bits per heavy atom. The van der Waals surface area contributed by atoms with E-state index in [1.54, 1.807) is 6.92 Å². The lowest BCUT2D eigenvalue weighted by molar-refractivity contribution is -0.161. The zero-order chi connectivity index (χ0) is 9.35. The van der Waals surface area contributed by atoms with Crippen molar-refractivity contribution in [3.63, 3.8) is 0 Å². The van der Waals surface area contributed by atoms with Gasteiger partial charge in [0.15, 0.2) is 0 Å². The zero-order valence-corrected chi connectivity index (χ0v) is 7.35. The highest BCUT2D eigenvalue weighted by Crippen LogP contribution is 2.52. The molecule has 0 amide bonds. The van der Waals surface area contributed by atoms with Crippen LogP contribution in [0.25, 0.3) is 0 Å². The minimum Gasteiger partial charge on any atom is -0.393 e. The highest BCUT2D eigenvalue weighted by molar-refractivity contribution is 5.91. The van der Waals surface area contributed by atoms with Crippen molar-refractivity contribution < 1.29 is 14.3 Å². The van der Waals surface area contributed by atoms with Crippen molar-refractivity contribution in [2.45, 2.75) is 26.7 Å². The van der Waals surface area contributed by atoms with Gasteiger partial charge < -0.3 is 4.74 Å². The monoisotopic (exact) mass is 168 g/mol. The summed E-state index contributed by atoms with van der Waals surface area (Å²) >= 11 is 0. The van der Waals surface area contributed by atoms with Crippen LogP contribution in [0, 0.1) is 5.41 Å². The van der Waals surface area contributed by atoms with Gasteiger partial charge in [-0.2, -0.15) is 0 Å². The van der Waals surface area contributed by atoms with Gasteiger partial charge in [-0.25, -0.2) is 0 Å². The molecular formula is C9H12O3. The van der Waals surface area contributed by atoms with E-state index in [4.69, 9.17) is 0 Å². The van der Waals surface area contributed by atoms with Crippen LogP contribution in [0.1, 0.15) is 26.7 Å². The molecule has 1 saturated carbocycles. The molecule has 0 aliphatic heterocycles. The highest BCUT2D eigenvalue weighted by Gasteiger charge is 2.52. The zero-order valence-electron chi connectivity index (χ0n) is 7.35. The summed E-state index contributed by atoms with van der Waals surface area (Å²) in [7, 11) is 0. The Labute approximate surface area is 71.4 Å². The second-order valence-electron chi connectivity index (χ2n) is 3.24. The second-order valence-corrected chi connectivity index (χ2v) is 3.24. The molecule has 0 N–H and O–H groups in total. The Morgan fingerprint density at radius 2 is 1.83 bits per heavy atom. The van der Waals surface area contributed by atoms with Crippen molar-refractivity contribution in [2.24, 2.45) is 5.41 Å². The standard InChI is InChI=1S/C9H12O3/c1-6(2)9(4-5-9)8(11)12-7(3)10/h1,4-5H2,2-3H3. The average Bonchev–Trinajstić information content (AvgIpc) is 2.63. The Bertz CT molecular complexity index is 248. The van der Waals surface area contributed by atoms with Crippen molar-refractivity contribution >= 4 is 11.9 Å². The molecule has 0 aromatic heterocycles. The van der Waals surface area contributed by atoms with Crippen molar-refractivity contribution in [3.8, 4) is 0 Å². The van der Waals surface area contributed by atoms with E-state index in [0.29, 0.717) is 0 Å². The smallest absolute Gasteiger partial charge is 0.323 e. The van der Waals surface area contributed by atoms with Crippen molar-refractivity contribution in [3.05, 3.63) is 12.2 Å². The molecule has 3 nitrogen and oxygen atoms in total. The van der Waals surface area contributed by atoms with E-state index in [1.165, 1.54) is 6.92 Å². The van der Waals surface area contributed by atoms with E-state index >= 15 is 0 Å². The molecule has 66 valence electrons. The predicted octanol–water partition coefficient (Wildman–Crippen LogP) is 1.43. The summed E-state index contributed by atoms with van der Waals surface area (Å²) in [6.45, 7) is 6.72. The molecule has 0 aromatic rings. The minimum absolute atomic E-state index is 0.442. The Hall–Kier alpha value is -1.12. The molecule has 0 aromatic carbocycles. The molecule has 1 rings (SSSR count). The van der Waals surface area contributed by atoms with Crippen molar-refractivity contribution in [1.29, 1.82) is 0 Å². The van der Waals surface area contributed by atoms with Gasteiger partial charge in [0.1, 0.15) is 0 Å². The summed E-state index contributed by atoms with van der Waals surface area (Å²) < 4.78 is 4.50. The summed E-state index contributed by atoms with van der Waals surface area (Å²) in [6.07, 6.45) is 1.52. The van der Waals surface area contributed by atoms with Gasteiger partial charge in [-0.15, -0.1) is 0 Å². The van der Waals surface area contributed by atoms with Crippen molar-refractivity contribution in [2.75, 3.05) is 0 Å². The molecular weight excluding hydrogens is 156 g/mol. The number of ether oxygens (including phenoxy) is 1. The van der Waals surface area contributed by atoms with Crippen molar-refractivity contribution in [1.82, 2.24) is 0 Å². The first-order valence-electron chi connectivity index (χ1n) is 3.88. The lowest BCUT2D eigenvalue weighted by atomic mass is 9.99. The summed E-state index contributed by atoms with van der Waals surface area (Å²) in [5.41, 5.74) is 0.250. The molecule has 1 fully saturated rings. The van der Waals surface area contributed by atoms with Crippen LogP contribution in [-0.2, 0) is 14.3 Å². The Balaban J connectivity index is 2.64. The largest absolute Gasteiger partial charge is 0.393 e. The second kappa shape index (κ2) is 2.73. The first-order chi connectivity index (χ1) is 5.49. The van der Waals surface area contributed by atoms with Gasteiger partial charge in [-0.05, 0) is 19.8 Å².